The van der Waals surface area contributed by atoms with E-state index in [1.165, 1.54) is 43.7 Å². The van der Waals surface area contributed by atoms with Crippen LogP contribution in [-0.2, 0) is 6.42 Å². The zero-order chi connectivity index (χ0) is 14.8. The molecule has 2 N–H and O–H groups in total. The fourth-order valence-electron chi connectivity index (χ4n) is 3.21. The molecule has 1 aromatic carbocycles. The highest BCUT2D eigenvalue weighted by Gasteiger charge is 2.26. The highest BCUT2D eigenvalue weighted by Crippen LogP contribution is 2.31. The Morgan fingerprint density at radius 2 is 1.95 bits per heavy atom. The van der Waals surface area contributed by atoms with E-state index in [4.69, 9.17) is 5.73 Å². The van der Waals surface area contributed by atoms with Crippen molar-refractivity contribution in [2.75, 3.05) is 37.6 Å². The Kier molecular flexibility index (Phi) is 4.87. The Labute approximate surface area is 136 Å². The third-order valence-corrected chi connectivity index (χ3v) is 5.00. The molecule has 21 heavy (non-hydrogen) atoms. The molecule has 1 aromatic rings. The molecule has 0 radical (unpaired) electrons. The predicted molar refractivity (Wildman–Crippen MR) is 92.9 cm³/mol. The van der Waals surface area contributed by atoms with Crippen molar-refractivity contribution in [1.82, 2.24) is 4.90 Å². The summed E-state index contributed by atoms with van der Waals surface area (Å²) in [5.74, 6) is 0.998. The fourth-order valence-corrected chi connectivity index (χ4v) is 3.62. The number of halogens is 1. The second kappa shape index (κ2) is 6.67. The summed E-state index contributed by atoms with van der Waals surface area (Å²) in [7, 11) is 0. The molecule has 1 aliphatic heterocycles. The van der Waals surface area contributed by atoms with Crippen molar-refractivity contribution in [2.45, 2.75) is 32.2 Å². The van der Waals surface area contributed by atoms with Gasteiger partial charge in [-0.3, -0.25) is 4.90 Å². The molecule has 0 bridgehead atoms. The van der Waals surface area contributed by atoms with Crippen LogP contribution in [0, 0.1) is 5.92 Å². The van der Waals surface area contributed by atoms with Crippen molar-refractivity contribution >= 4 is 21.6 Å². The molecule has 0 aromatic heterocycles. The second-order valence-corrected chi connectivity index (χ2v) is 7.60. The van der Waals surface area contributed by atoms with Gasteiger partial charge < -0.3 is 10.6 Å². The first-order chi connectivity index (χ1) is 10.1. The van der Waals surface area contributed by atoms with Crippen LogP contribution < -0.4 is 10.6 Å². The van der Waals surface area contributed by atoms with Crippen LogP contribution in [-0.4, -0.2) is 43.7 Å². The lowest BCUT2D eigenvalue weighted by molar-refractivity contribution is 0.248. The molecule has 1 saturated heterocycles. The molecule has 1 unspecified atom stereocenters. The number of anilines is 1. The average molecular weight is 352 g/mol. The summed E-state index contributed by atoms with van der Waals surface area (Å²) in [4.78, 5) is 5.17. The first kappa shape index (κ1) is 15.3. The number of hydrogen-bond donors (Lipinski definition) is 1. The minimum Gasteiger partial charge on any atom is -0.369 e. The van der Waals surface area contributed by atoms with Gasteiger partial charge in [-0.2, -0.15) is 0 Å². The number of hydrogen-bond acceptors (Lipinski definition) is 3. The lowest BCUT2D eigenvalue weighted by atomic mass is 10.0. The molecule has 4 heteroatoms. The van der Waals surface area contributed by atoms with Gasteiger partial charge >= 0.3 is 0 Å². The normalized spacial score (nSPS) is 21.6. The molecular weight excluding hydrogens is 326 g/mol. The highest BCUT2D eigenvalue weighted by atomic mass is 79.9. The number of nitrogens with two attached hydrogens (primary N) is 1. The standard InChI is InChI=1S/C17H26BrN3/c1-13(19)10-15-11-16(18)4-5-17(15)21-8-6-20(7-9-21)12-14-2-3-14/h4-5,11,13-14H,2-3,6-10,12,19H2,1H3. The third kappa shape index (κ3) is 4.21. The van der Waals surface area contributed by atoms with Gasteiger partial charge in [-0.1, -0.05) is 15.9 Å². The summed E-state index contributed by atoms with van der Waals surface area (Å²) in [6, 6.07) is 6.83. The summed E-state index contributed by atoms with van der Waals surface area (Å²) >= 11 is 3.59. The minimum atomic E-state index is 0.203. The molecule has 3 nitrogen and oxygen atoms in total. The van der Waals surface area contributed by atoms with Gasteiger partial charge in [0.15, 0.2) is 0 Å². The molecule has 2 aliphatic rings. The number of benzene rings is 1. The Morgan fingerprint density at radius 3 is 2.57 bits per heavy atom. The third-order valence-electron chi connectivity index (χ3n) is 4.51. The van der Waals surface area contributed by atoms with Gasteiger partial charge in [0.2, 0.25) is 0 Å². The van der Waals surface area contributed by atoms with Crippen molar-refractivity contribution in [3.8, 4) is 0 Å². The van der Waals surface area contributed by atoms with Crippen LogP contribution in [0.5, 0.6) is 0 Å². The molecular formula is C17H26BrN3. The van der Waals surface area contributed by atoms with Crippen LogP contribution in [0.2, 0.25) is 0 Å². The Bertz CT molecular complexity index is 477. The highest BCUT2D eigenvalue weighted by molar-refractivity contribution is 9.10. The van der Waals surface area contributed by atoms with Crippen LogP contribution in [0.4, 0.5) is 5.69 Å². The summed E-state index contributed by atoms with van der Waals surface area (Å²) in [5, 5.41) is 0. The van der Waals surface area contributed by atoms with Gasteiger partial charge in [-0.15, -0.1) is 0 Å². The Hall–Kier alpha value is -0.580. The van der Waals surface area contributed by atoms with Crippen LogP contribution >= 0.6 is 15.9 Å². The first-order valence-corrected chi connectivity index (χ1v) is 8.92. The van der Waals surface area contributed by atoms with E-state index in [0.29, 0.717) is 0 Å². The monoisotopic (exact) mass is 351 g/mol. The zero-order valence-electron chi connectivity index (χ0n) is 12.9. The second-order valence-electron chi connectivity index (χ2n) is 6.69. The van der Waals surface area contributed by atoms with E-state index < -0.39 is 0 Å². The SMILES string of the molecule is CC(N)Cc1cc(Br)ccc1N1CCN(CC2CC2)CC1. The molecule has 1 aliphatic carbocycles. The Morgan fingerprint density at radius 1 is 1.24 bits per heavy atom. The topological polar surface area (TPSA) is 32.5 Å². The van der Waals surface area contributed by atoms with Crippen LogP contribution in [0.3, 0.4) is 0 Å². The Balaban J connectivity index is 1.66. The van der Waals surface area contributed by atoms with Crippen molar-refractivity contribution in [1.29, 1.82) is 0 Å². The maximum absolute atomic E-state index is 6.01. The number of rotatable bonds is 5. The fraction of sp³-hybridized carbons (Fsp3) is 0.647. The van der Waals surface area contributed by atoms with Gasteiger partial charge in [0.25, 0.3) is 0 Å². The molecule has 0 spiro atoms. The summed E-state index contributed by atoms with van der Waals surface area (Å²) in [6.45, 7) is 8.08. The van der Waals surface area contributed by atoms with Gasteiger partial charge in [-0.25, -0.2) is 0 Å². The quantitative estimate of drug-likeness (QED) is 0.885. The molecule has 0 amide bonds. The van der Waals surface area contributed by atoms with Crippen LogP contribution in [0.15, 0.2) is 22.7 Å². The van der Waals surface area contributed by atoms with Crippen molar-refractivity contribution < 1.29 is 0 Å². The number of nitrogens with zero attached hydrogens (tertiary/aromatic N) is 2. The van der Waals surface area contributed by atoms with Crippen LogP contribution in [0.25, 0.3) is 0 Å². The van der Waals surface area contributed by atoms with Crippen molar-refractivity contribution in [3.05, 3.63) is 28.2 Å². The minimum absolute atomic E-state index is 0.203. The van der Waals surface area contributed by atoms with Crippen molar-refractivity contribution in [2.24, 2.45) is 11.7 Å². The molecule has 3 rings (SSSR count). The molecule has 116 valence electrons. The maximum Gasteiger partial charge on any atom is 0.0401 e. The van der Waals surface area contributed by atoms with E-state index >= 15 is 0 Å². The van der Waals surface area contributed by atoms with E-state index in [1.54, 1.807) is 0 Å². The smallest absolute Gasteiger partial charge is 0.0401 e. The first-order valence-electron chi connectivity index (χ1n) is 8.13. The molecule has 1 heterocycles. The lowest BCUT2D eigenvalue weighted by Gasteiger charge is -2.37. The van der Waals surface area contributed by atoms with E-state index in [0.717, 1.165) is 29.9 Å². The summed E-state index contributed by atoms with van der Waals surface area (Å²) in [6.07, 6.45) is 3.84. The molecule has 1 atom stereocenters. The van der Waals surface area contributed by atoms with E-state index in [2.05, 4.69) is 50.9 Å². The summed E-state index contributed by atoms with van der Waals surface area (Å²) in [5.41, 5.74) is 8.76. The van der Waals surface area contributed by atoms with Gasteiger partial charge in [0, 0.05) is 48.9 Å². The van der Waals surface area contributed by atoms with E-state index in [9.17, 15) is 0 Å². The van der Waals surface area contributed by atoms with E-state index in [1.807, 2.05) is 0 Å². The maximum atomic E-state index is 6.01. The van der Waals surface area contributed by atoms with Gasteiger partial charge in [0.05, 0.1) is 0 Å². The molecule has 1 saturated carbocycles. The largest absolute Gasteiger partial charge is 0.369 e. The van der Waals surface area contributed by atoms with E-state index in [-0.39, 0.29) is 6.04 Å². The van der Waals surface area contributed by atoms with Gasteiger partial charge in [0.1, 0.15) is 0 Å². The number of piperazine rings is 1. The lowest BCUT2D eigenvalue weighted by Crippen LogP contribution is -2.47. The molecule has 2 fully saturated rings. The predicted octanol–water partition coefficient (Wildman–Crippen LogP) is 2.87. The average Bonchev–Trinajstić information content (AvgIpc) is 3.23. The van der Waals surface area contributed by atoms with Crippen molar-refractivity contribution in [3.63, 3.8) is 0 Å². The zero-order valence-corrected chi connectivity index (χ0v) is 14.5. The summed E-state index contributed by atoms with van der Waals surface area (Å²) < 4.78 is 1.15. The van der Waals surface area contributed by atoms with Crippen LogP contribution in [0.1, 0.15) is 25.3 Å². The van der Waals surface area contributed by atoms with Gasteiger partial charge in [-0.05, 0) is 55.9 Å².